The topological polar surface area (TPSA) is 99.5 Å². The number of morpholine rings is 1. The molecule has 2 atom stereocenters. The Kier molecular flexibility index (Phi) is 7.73. The van der Waals surface area contributed by atoms with Gasteiger partial charge in [-0.1, -0.05) is 12.1 Å². The fraction of sp³-hybridized carbons (Fsp3) is 0.364. The van der Waals surface area contributed by atoms with Gasteiger partial charge in [-0.25, -0.2) is 8.42 Å². The molecule has 1 aliphatic heterocycles. The number of benzene rings is 2. The van der Waals surface area contributed by atoms with Crippen LogP contribution in [0.2, 0.25) is 0 Å². The molecular weight excluding hydrogens is 434 g/mol. The van der Waals surface area contributed by atoms with E-state index in [9.17, 15) is 13.2 Å². The molecule has 1 aliphatic rings. The third-order valence-corrected chi connectivity index (χ3v) is 7.67. The van der Waals surface area contributed by atoms with Crippen molar-refractivity contribution in [2.75, 3.05) is 24.2 Å². The lowest BCUT2D eigenvalue weighted by Gasteiger charge is -2.34. The Labute approximate surface area is 187 Å². The lowest BCUT2D eigenvalue weighted by atomic mass is 10.2. The summed E-state index contributed by atoms with van der Waals surface area (Å²) in [6.45, 7) is 4.30. The molecule has 9 heteroatoms. The first-order valence-electron chi connectivity index (χ1n) is 9.97. The van der Waals surface area contributed by atoms with Crippen LogP contribution in [0.25, 0.3) is 0 Å². The van der Waals surface area contributed by atoms with Crippen molar-refractivity contribution >= 4 is 33.4 Å². The fourth-order valence-electron chi connectivity index (χ4n) is 3.35. The molecule has 0 bridgehead atoms. The van der Waals surface area contributed by atoms with Crippen molar-refractivity contribution in [3.63, 3.8) is 0 Å². The van der Waals surface area contributed by atoms with Crippen LogP contribution >= 0.6 is 11.8 Å². The zero-order valence-electron chi connectivity index (χ0n) is 17.4. The molecule has 3 rings (SSSR count). The van der Waals surface area contributed by atoms with Gasteiger partial charge in [0.2, 0.25) is 10.0 Å². The molecule has 0 radical (unpaired) electrons. The Morgan fingerprint density at radius 2 is 1.81 bits per heavy atom. The molecule has 31 heavy (non-hydrogen) atoms. The average molecular weight is 460 g/mol. The van der Waals surface area contributed by atoms with Crippen molar-refractivity contribution in [3.05, 3.63) is 54.1 Å². The molecule has 1 amide bonds. The molecule has 164 valence electrons. The number of para-hydroxylation sites is 1. The van der Waals surface area contributed by atoms with E-state index in [2.05, 4.69) is 11.4 Å². The number of ether oxygens (including phenoxy) is 1. The molecule has 0 saturated carbocycles. The molecule has 0 aromatic heterocycles. The summed E-state index contributed by atoms with van der Waals surface area (Å²) in [6.07, 6.45) is 0.0770. The van der Waals surface area contributed by atoms with E-state index in [1.54, 1.807) is 6.07 Å². The number of nitrogens with one attached hydrogen (secondary N) is 1. The van der Waals surface area contributed by atoms with Crippen LogP contribution in [0.3, 0.4) is 0 Å². The SMILES string of the molecule is C[C@@H]1CN(S(=O)(=O)c2ccc(C(=O)Nc3ccccc3SCCC#N)cc2)C[C@H](C)O1. The van der Waals surface area contributed by atoms with Crippen molar-refractivity contribution < 1.29 is 17.9 Å². The van der Waals surface area contributed by atoms with E-state index in [1.807, 2.05) is 32.0 Å². The predicted octanol–water partition coefficient (Wildman–Crippen LogP) is 3.74. The summed E-state index contributed by atoms with van der Waals surface area (Å²) < 4.78 is 33.0. The first-order valence-corrected chi connectivity index (χ1v) is 12.4. The van der Waals surface area contributed by atoms with E-state index in [1.165, 1.54) is 40.3 Å². The minimum Gasteiger partial charge on any atom is -0.373 e. The van der Waals surface area contributed by atoms with E-state index in [0.717, 1.165) is 4.90 Å². The highest BCUT2D eigenvalue weighted by Crippen LogP contribution is 2.28. The molecule has 2 aromatic rings. The highest BCUT2D eigenvalue weighted by atomic mass is 32.2. The minimum atomic E-state index is -3.66. The standard InChI is InChI=1S/C22H25N3O4S2/c1-16-14-25(15-17(2)29-16)31(27,28)19-10-8-18(9-11-19)22(26)24-20-6-3-4-7-21(20)30-13-5-12-23/h3-4,6-11,16-17H,5,13-15H2,1-2H3,(H,24,26)/t16-,17+. The monoisotopic (exact) mass is 459 g/mol. The van der Waals surface area contributed by atoms with E-state index in [-0.39, 0.29) is 23.0 Å². The molecule has 2 aromatic carbocycles. The van der Waals surface area contributed by atoms with Gasteiger partial charge in [0.1, 0.15) is 0 Å². The lowest BCUT2D eigenvalue weighted by Crippen LogP contribution is -2.48. The maximum absolute atomic E-state index is 13.0. The van der Waals surface area contributed by atoms with Gasteiger partial charge < -0.3 is 10.1 Å². The molecule has 0 spiro atoms. The van der Waals surface area contributed by atoms with Gasteiger partial charge >= 0.3 is 0 Å². The summed E-state index contributed by atoms with van der Waals surface area (Å²) in [4.78, 5) is 13.7. The van der Waals surface area contributed by atoms with Crippen molar-refractivity contribution in [2.45, 2.75) is 42.3 Å². The van der Waals surface area contributed by atoms with Crippen LogP contribution in [-0.2, 0) is 14.8 Å². The van der Waals surface area contributed by atoms with Gasteiger partial charge in [0.05, 0.1) is 28.9 Å². The number of carbonyl (C=O) groups is 1. The highest BCUT2D eigenvalue weighted by Gasteiger charge is 2.32. The number of nitrogens with zero attached hydrogens (tertiary/aromatic N) is 2. The normalized spacial score (nSPS) is 19.5. The average Bonchev–Trinajstić information content (AvgIpc) is 2.74. The van der Waals surface area contributed by atoms with Gasteiger partial charge in [-0.3, -0.25) is 4.79 Å². The Morgan fingerprint density at radius 3 is 2.45 bits per heavy atom. The summed E-state index contributed by atoms with van der Waals surface area (Å²) in [7, 11) is -3.66. The smallest absolute Gasteiger partial charge is 0.255 e. The number of anilines is 1. The molecule has 1 fully saturated rings. The van der Waals surface area contributed by atoms with Crippen molar-refractivity contribution in [3.8, 4) is 6.07 Å². The number of amides is 1. The second kappa shape index (κ2) is 10.3. The van der Waals surface area contributed by atoms with E-state index in [4.69, 9.17) is 10.00 Å². The fourth-order valence-corrected chi connectivity index (χ4v) is 5.80. The highest BCUT2D eigenvalue weighted by molar-refractivity contribution is 7.99. The second-order valence-corrected chi connectivity index (χ2v) is 10.4. The predicted molar refractivity (Wildman–Crippen MR) is 121 cm³/mol. The van der Waals surface area contributed by atoms with Crippen LogP contribution in [0.1, 0.15) is 30.6 Å². The van der Waals surface area contributed by atoms with Crippen molar-refractivity contribution in [2.24, 2.45) is 0 Å². The quantitative estimate of drug-likeness (QED) is 0.500. The Morgan fingerprint density at radius 1 is 1.16 bits per heavy atom. The molecule has 1 heterocycles. The van der Waals surface area contributed by atoms with Gasteiger partial charge in [-0.2, -0.15) is 9.57 Å². The molecule has 1 N–H and O–H groups in total. The lowest BCUT2D eigenvalue weighted by molar-refractivity contribution is -0.0440. The molecule has 7 nitrogen and oxygen atoms in total. The number of carbonyl (C=O) groups excluding carboxylic acids is 1. The Hall–Kier alpha value is -2.38. The van der Waals surface area contributed by atoms with E-state index < -0.39 is 10.0 Å². The largest absolute Gasteiger partial charge is 0.373 e. The van der Waals surface area contributed by atoms with Crippen molar-refractivity contribution in [1.29, 1.82) is 5.26 Å². The molecule has 1 saturated heterocycles. The minimum absolute atomic E-state index is 0.151. The Balaban J connectivity index is 1.72. The number of hydrogen-bond donors (Lipinski definition) is 1. The zero-order chi connectivity index (χ0) is 22.4. The van der Waals surface area contributed by atoms with Crippen LogP contribution in [-0.4, -0.2) is 49.7 Å². The van der Waals surface area contributed by atoms with E-state index >= 15 is 0 Å². The van der Waals surface area contributed by atoms with Gasteiger partial charge in [0, 0.05) is 35.7 Å². The number of thioether (sulfide) groups is 1. The third-order valence-electron chi connectivity index (χ3n) is 4.75. The first kappa shape index (κ1) is 23.3. The molecule has 0 unspecified atom stereocenters. The van der Waals surface area contributed by atoms with Gasteiger partial charge in [-0.05, 0) is 50.2 Å². The van der Waals surface area contributed by atoms with Crippen LogP contribution in [0.4, 0.5) is 5.69 Å². The number of rotatable bonds is 7. The summed E-state index contributed by atoms with van der Waals surface area (Å²) >= 11 is 1.50. The number of nitriles is 1. The maximum Gasteiger partial charge on any atom is 0.255 e. The van der Waals surface area contributed by atoms with Gasteiger partial charge in [-0.15, -0.1) is 11.8 Å². The van der Waals surface area contributed by atoms with Crippen LogP contribution < -0.4 is 5.32 Å². The first-order chi connectivity index (χ1) is 14.8. The van der Waals surface area contributed by atoms with Crippen LogP contribution in [0, 0.1) is 11.3 Å². The second-order valence-electron chi connectivity index (χ2n) is 7.31. The summed E-state index contributed by atoms with van der Waals surface area (Å²) in [5.41, 5.74) is 1.02. The van der Waals surface area contributed by atoms with Crippen LogP contribution in [0.15, 0.2) is 58.3 Å². The van der Waals surface area contributed by atoms with Gasteiger partial charge in [0.25, 0.3) is 5.91 Å². The summed E-state index contributed by atoms with van der Waals surface area (Å²) in [5, 5.41) is 11.6. The maximum atomic E-state index is 13.0. The zero-order valence-corrected chi connectivity index (χ0v) is 19.1. The number of sulfonamides is 1. The number of hydrogen-bond acceptors (Lipinski definition) is 6. The third kappa shape index (κ3) is 5.86. The summed E-state index contributed by atoms with van der Waals surface area (Å²) in [6, 6.07) is 15.4. The van der Waals surface area contributed by atoms with Crippen molar-refractivity contribution in [1.82, 2.24) is 4.31 Å². The molecule has 0 aliphatic carbocycles. The van der Waals surface area contributed by atoms with Gasteiger partial charge in [0.15, 0.2) is 0 Å². The Bertz CT molecular complexity index is 1050. The molecular formula is C22H25N3O4S2. The van der Waals surface area contributed by atoms with E-state index in [0.29, 0.717) is 36.5 Å². The summed E-state index contributed by atoms with van der Waals surface area (Å²) in [5.74, 6) is 0.306. The van der Waals surface area contributed by atoms with Crippen LogP contribution in [0.5, 0.6) is 0 Å².